The lowest BCUT2D eigenvalue weighted by Gasteiger charge is -2.43. The molecule has 2 saturated heterocycles. The molecule has 18 heavy (non-hydrogen) atoms. The summed E-state index contributed by atoms with van der Waals surface area (Å²) in [7, 11) is 1.74. The zero-order valence-corrected chi connectivity index (χ0v) is 11.8. The fraction of sp³-hybridized carbons (Fsp3) is 0.929. The molecule has 2 aliphatic heterocycles. The first-order chi connectivity index (χ1) is 8.63. The van der Waals surface area contributed by atoms with Gasteiger partial charge in [0.2, 0.25) is 5.91 Å². The summed E-state index contributed by atoms with van der Waals surface area (Å²) in [5.74, 6) is 0.299. The summed E-state index contributed by atoms with van der Waals surface area (Å²) in [5.41, 5.74) is -0.145. The number of rotatable bonds is 3. The van der Waals surface area contributed by atoms with E-state index in [4.69, 9.17) is 16.3 Å². The molecular formula is C14H22ClNO2. The minimum absolute atomic E-state index is 0.145. The second kappa shape index (κ2) is 4.68. The maximum Gasteiger partial charge on any atom is 0.225 e. The van der Waals surface area contributed by atoms with Crippen LogP contribution in [0.25, 0.3) is 0 Å². The first kappa shape index (κ1) is 12.7. The van der Waals surface area contributed by atoms with Crippen LogP contribution in [0.15, 0.2) is 0 Å². The lowest BCUT2D eigenvalue weighted by Crippen LogP contribution is -2.51. The van der Waals surface area contributed by atoms with Crippen LogP contribution in [-0.2, 0) is 9.53 Å². The summed E-state index contributed by atoms with van der Waals surface area (Å²) in [5, 5.41) is 0.270. The van der Waals surface area contributed by atoms with E-state index in [-0.39, 0.29) is 11.0 Å². The molecule has 0 N–H and O–H groups in total. The van der Waals surface area contributed by atoms with Gasteiger partial charge in [-0.25, -0.2) is 0 Å². The Bertz CT molecular complexity index is 323. The van der Waals surface area contributed by atoms with Crippen molar-refractivity contribution < 1.29 is 9.53 Å². The predicted molar refractivity (Wildman–Crippen MR) is 70.7 cm³/mol. The highest BCUT2D eigenvalue weighted by molar-refractivity contribution is 6.20. The van der Waals surface area contributed by atoms with Gasteiger partial charge in [0.1, 0.15) is 0 Å². The number of fused-ring (bicyclic) bond motifs is 2. The Labute approximate surface area is 114 Å². The standard InChI is InChI=1S/C14H22ClNO2/c1-18-14(5-2-6-14)9-13(17)16-11-3-4-12(16)8-10(15)7-11/h10-12H,2-9H2,1H3. The molecule has 2 unspecified atom stereocenters. The molecule has 102 valence electrons. The Hall–Kier alpha value is -0.280. The third-order valence-electron chi connectivity index (χ3n) is 5.13. The van der Waals surface area contributed by atoms with E-state index in [1.165, 1.54) is 6.42 Å². The third kappa shape index (κ3) is 2.05. The molecule has 0 aromatic rings. The maximum atomic E-state index is 12.5. The molecule has 1 amide bonds. The van der Waals surface area contributed by atoms with Gasteiger partial charge < -0.3 is 9.64 Å². The molecule has 4 heteroatoms. The first-order valence-corrected chi connectivity index (χ1v) is 7.57. The Morgan fingerprint density at radius 3 is 2.39 bits per heavy atom. The molecule has 0 radical (unpaired) electrons. The Kier molecular flexibility index (Phi) is 3.31. The third-order valence-corrected chi connectivity index (χ3v) is 5.49. The van der Waals surface area contributed by atoms with Crippen molar-refractivity contribution in [3.05, 3.63) is 0 Å². The molecule has 1 aliphatic carbocycles. The number of carbonyl (C=O) groups is 1. The van der Waals surface area contributed by atoms with Gasteiger partial charge in [-0.3, -0.25) is 4.79 Å². The quantitative estimate of drug-likeness (QED) is 0.739. The highest BCUT2D eigenvalue weighted by Crippen LogP contribution is 2.42. The van der Waals surface area contributed by atoms with Gasteiger partial charge in [-0.15, -0.1) is 11.6 Å². The van der Waals surface area contributed by atoms with Crippen molar-refractivity contribution in [1.29, 1.82) is 0 Å². The van der Waals surface area contributed by atoms with Gasteiger partial charge in [0.05, 0.1) is 12.0 Å². The van der Waals surface area contributed by atoms with Crippen LogP contribution in [0.4, 0.5) is 0 Å². The number of amides is 1. The van der Waals surface area contributed by atoms with Crippen molar-refractivity contribution in [3.8, 4) is 0 Å². The largest absolute Gasteiger partial charge is 0.378 e. The van der Waals surface area contributed by atoms with Crippen LogP contribution < -0.4 is 0 Å². The average molecular weight is 272 g/mol. The van der Waals surface area contributed by atoms with Crippen LogP contribution in [0.5, 0.6) is 0 Å². The molecule has 3 nitrogen and oxygen atoms in total. The number of hydrogen-bond donors (Lipinski definition) is 0. The van der Waals surface area contributed by atoms with Crippen LogP contribution in [0.3, 0.4) is 0 Å². The normalized spacial score (nSPS) is 37.4. The van der Waals surface area contributed by atoms with Gasteiger partial charge in [-0.1, -0.05) is 0 Å². The molecule has 2 heterocycles. The zero-order valence-electron chi connectivity index (χ0n) is 11.0. The number of halogens is 1. The fourth-order valence-electron chi connectivity index (χ4n) is 3.91. The maximum absolute atomic E-state index is 12.5. The summed E-state index contributed by atoms with van der Waals surface area (Å²) >= 11 is 6.25. The summed E-state index contributed by atoms with van der Waals surface area (Å²) < 4.78 is 5.57. The van der Waals surface area contributed by atoms with E-state index in [2.05, 4.69) is 4.90 Å². The number of alkyl halides is 1. The van der Waals surface area contributed by atoms with Crippen molar-refractivity contribution in [2.75, 3.05) is 7.11 Å². The average Bonchev–Trinajstić information content (AvgIpc) is 2.56. The number of ether oxygens (including phenoxy) is 1. The molecule has 2 atom stereocenters. The van der Waals surface area contributed by atoms with E-state index in [1.807, 2.05) is 0 Å². The second-order valence-corrected chi connectivity index (χ2v) is 6.79. The molecule has 3 aliphatic rings. The number of hydrogen-bond acceptors (Lipinski definition) is 2. The van der Waals surface area contributed by atoms with Crippen LogP contribution >= 0.6 is 11.6 Å². The zero-order chi connectivity index (χ0) is 12.8. The topological polar surface area (TPSA) is 29.5 Å². The summed E-state index contributed by atoms with van der Waals surface area (Å²) in [6.45, 7) is 0. The van der Waals surface area contributed by atoms with E-state index in [9.17, 15) is 4.79 Å². The molecule has 3 fully saturated rings. The van der Waals surface area contributed by atoms with Gasteiger partial charge >= 0.3 is 0 Å². The van der Waals surface area contributed by atoms with Crippen molar-refractivity contribution >= 4 is 17.5 Å². The lowest BCUT2D eigenvalue weighted by molar-refractivity contribution is -0.148. The minimum Gasteiger partial charge on any atom is -0.378 e. The number of carbonyl (C=O) groups excluding carboxylic acids is 1. The van der Waals surface area contributed by atoms with Crippen molar-refractivity contribution in [1.82, 2.24) is 4.90 Å². The second-order valence-electron chi connectivity index (χ2n) is 6.17. The monoisotopic (exact) mass is 271 g/mol. The SMILES string of the molecule is COC1(CC(=O)N2C3CCC2CC(Cl)C3)CCC1. The van der Waals surface area contributed by atoms with Gasteiger partial charge in [0, 0.05) is 24.6 Å². The highest BCUT2D eigenvalue weighted by atomic mass is 35.5. The summed E-state index contributed by atoms with van der Waals surface area (Å²) in [6.07, 6.45) is 8.07. The predicted octanol–water partition coefficient (Wildman–Crippen LogP) is 2.71. The fourth-order valence-corrected chi connectivity index (χ4v) is 4.32. The number of nitrogens with zero attached hydrogens (tertiary/aromatic N) is 1. The Morgan fingerprint density at radius 2 is 1.94 bits per heavy atom. The van der Waals surface area contributed by atoms with E-state index in [0.29, 0.717) is 24.4 Å². The van der Waals surface area contributed by atoms with Gasteiger partial charge in [-0.2, -0.15) is 0 Å². The Balaban J connectivity index is 1.66. The van der Waals surface area contributed by atoms with Crippen LogP contribution in [0.1, 0.15) is 51.4 Å². The summed E-state index contributed by atoms with van der Waals surface area (Å²) in [4.78, 5) is 14.7. The number of methoxy groups -OCH3 is 1. The lowest BCUT2D eigenvalue weighted by atomic mass is 9.77. The van der Waals surface area contributed by atoms with Crippen molar-refractivity contribution in [2.45, 2.75) is 74.4 Å². The molecule has 1 saturated carbocycles. The van der Waals surface area contributed by atoms with E-state index in [1.54, 1.807) is 7.11 Å². The molecule has 0 aromatic carbocycles. The molecule has 0 aromatic heterocycles. The van der Waals surface area contributed by atoms with Gasteiger partial charge in [0.25, 0.3) is 0 Å². The van der Waals surface area contributed by atoms with E-state index >= 15 is 0 Å². The minimum atomic E-state index is -0.145. The molecular weight excluding hydrogens is 250 g/mol. The van der Waals surface area contributed by atoms with E-state index < -0.39 is 0 Å². The van der Waals surface area contributed by atoms with Crippen molar-refractivity contribution in [2.24, 2.45) is 0 Å². The van der Waals surface area contributed by atoms with Crippen molar-refractivity contribution in [3.63, 3.8) is 0 Å². The number of piperidine rings is 1. The smallest absolute Gasteiger partial charge is 0.225 e. The molecule has 2 bridgehead atoms. The van der Waals surface area contributed by atoms with Gasteiger partial charge in [0.15, 0.2) is 0 Å². The van der Waals surface area contributed by atoms with E-state index in [0.717, 1.165) is 38.5 Å². The van der Waals surface area contributed by atoms with Crippen LogP contribution in [-0.4, -0.2) is 41.0 Å². The molecule has 3 rings (SSSR count). The first-order valence-electron chi connectivity index (χ1n) is 7.14. The van der Waals surface area contributed by atoms with Crippen LogP contribution in [0.2, 0.25) is 0 Å². The molecule has 0 spiro atoms. The highest BCUT2D eigenvalue weighted by Gasteiger charge is 2.46. The van der Waals surface area contributed by atoms with Gasteiger partial charge in [-0.05, 0) is 44.9 Å². The Morgan fingerprint density at radius 1 is 1.33 bits per heavy atom. The van der Waals surface area contributed by atoms with Crippen LogP contribution in [0, 0.1) is 0 Å². The summed E-state index contributed by atoms with van der Waals surface area (Å²) in [6, 6.07) is 0.792.